The van der Waals surface area contributed by atoms with Crippen LogP contribution in [0.1, 0.15) is 18.4 Å². The molecular weight excluding hydrogens is 290 g/mol. The van der Waals surface area contributed by atoms with E-state index in [4.69, 9.17) is 0 Å². The first-order valence-corrected chi connectivity index (χ1v) is 7.18. The summed E-state index contributed by atoms with van der Waals surface area (Å²) in [6.45, 7) is 3.84. The average Bonchev–Trinajstić information content (AvgIpc) is 3.14. The number of carbonyl (C=O) groups is 2. The third-order valence-electron chi connectivity index (χ3n) is 4.04. The van der Waals surface area contributed by atoms with Gasteiger partial charge in [0.25, 0.3) is 5.92 Å². The minimum Gasteiger partial charge on any atom is -0.323 e. The van der Waals surface area contributed by atoms with E-state index in [1.807, 2.05) is 0 Å². The Hall–Kier alpha value is -2.24. The van der Waals surface area contributed by atoms with Crippen molar-refractivity contribution >= 4 is 23.2 Å². The molecule has 0 aromatic heterocycles. The van der Waals surface area contributed by atoms with Gasteiger partial charge in [-0.25, -0.2) is 8.78 Å². The Morgan fingerprint density at radius 1 is 1.41 bits per heavy atom. The fourth-order valence-electron chi connectivity index (χ4n) is 2.77. The molecule has 1 atom stereocenters. The second kappa shape index (κ2) is 5.19. The highest BCUT2D eigenvalue weighted by atomic mass is 19.3. The molecule has 2 amide bonds. The predicted molar refractivity (Wildman–Crippen MR) is 79.0 cm³/mol. The lowest BCUT2D eigenvalue weighted by atomic mass is 10.0. The molecule has 2 aliphatic rings. The number of carbonyl (C=O) groups excluding carboxylic acids is 2. The van der Waals surface area contributed by atoms with Crippen molar-refractivity contribution in [1.29, 1.82) is 0 Å². The number of benzene rings is 1. The first-order chi connectivity index (χ1) is 10.4. The molecule has 116 valence electrons. The zero-order valence-electron chi connectivity index (χ0n) is 11.9. The summed E-state index contributed by atoms with van der Waals surface area (Å²) in [5.74, 6) is -4.86. The molecule has 6 heteroatoms. The van der Waals surface area contributed by atoms with Gasteiger partial charge in [0.1, 0.15) is 5.92 Å². The monoisotopic (exact) mass is 306 g/mol. The number of amides is 2. The van der Waals surface area contributed by atoms with E-state index in [9.17, 15) is 18.4 Å². The first kappa shape index (κ1) is 14.7. The molecule has 3 rings (SSSR count). The van der Waals surface area contributed by atoms with Crippen molar-refractivity contribution in [1.82, 2.24) is 0 Å². The highest BCUT2D eigenvalue weighted by molar-refractivity contribution is 6.01. The lowest BCUT2D eigenvalue weighted by Gasteiger charge is -2.30. The number of nitrogens with one attached hydrogen (secondary N) is 1. The van der Waals surface area contributed by atoms with Crippen molar-refractivity contribution in [3.8, 4) is 0 Å². The van der Waals surface area contributed by atoms with Crippen LogP contribution in [0.15, 0.2) is 30.9 Å². The van der Waals surface area contributed by atoms with E-state index in [0.29, 0.717) is 17.9 Å². The Bertz CT molecular complexity index is 658. The summed E-state index contributed by atoms with van der Waals surface area (Å²) in [6, 6.07) is 5.14. The maximum atomic E-state index is 13.1. The van der Waals surface area contributed by atoms with Crippen LogP contribution in [-0.2, 0) is 16.0 Å². The number of rotatable bonds is 3. The quantitative estimate of drug-likeness (QED) is 0.873. The van der Waals surface area contributed by atoms with Crippen molar-refractivity contribution in [2.24, 2.45) is 5.92 Å². The number of fused-ring (bicyclic) bond motifs is 1. The van der Waals surface area contributed by atoms with E-state index in [2.05, 4.69) is 11.9 Å². The van der Waals surface area contributed by atoms with Gasteiger partial charge < -0.3 is 10.2 Å². The Morgan fingerprint density at radius 3 is 2.77 bits per heavy atom. The first-order valence-electron chi connectivity index (χ1n) is 7.18. The Balaban J connectivity index is 1.83. The van der Waals surface area contributed by atoms with Crippen LogP contribution in [0.4, 0.5) is 20.2 Å². The molecule has 1 aromatic rings. The molecule has 1 aliphatic heterocycles. The van der Waals surface area contributed by atoms with Crippen LogP contribution in [0, 0.1) is 5.92 Å². The van der Waals surface area contributed by atoms with Crippen LogP contribution in [0.3, 0.4) is 0 Å². The molecule has 1 heterocycles. The summed E-state index contributed by atoms with van der Waals surface area (Å²) in [5, 5.41) is 2.65. The maximum Gasteiger partial charge on any atom is 0.260 e. The minimum atomic E-state index is -2.85. The molecule has 0 saturated heterocycles. The highest BCUT2D eigenvalue weighted by Gasteiger charge is 2.62. The zero-order chi connectivity index (χ0) is 15.9. The molecule has 22 heavy (non-hydrogen) atoms. The second-order valence-corrected chi connectivity index (χ2v) is 5.65. The number of nitrogens with zero attached hydrogens (tertiary/aromatic N) is 1. The van der Waals surface area contributed by atoms with E-state index in [1.54, 1.807) is 18.2 Å². The summed E-state index contributed by atoms with van der Waals surface area (Å²) >= 11 is 0. The van der Waals surface area contributed by atoms with Gasteiger partial charge in [0.2, 0.25) is 11.8 Å². The van der Waals surface area contributed by atoms with Gasteiger partial charge >= 0.3 is 0 Å². The fraction of sp³-hybridized carbons (Fsp3) is 0.375. The molecule has 0 radical (unpaired) electrons. The van der Waals surface area contributed by atoms with E-state index in [1.165, 1.54) is 11.0 Å². The number of hydrogen-bond donors (Lipinski definition) is 1. The number of anilines is 2. The second-order valence-electron chi connectivity index (χ2n) is 5.65. The number of hydrogen-bond acceptors (Lipinski definition) is 2. The fourth-order valence-corrected chi connectivity index (χ4v) is 2.77. The number of halogens is 2. The van der Waals surface area contributed by atoms with Gasteiger partial charge in [-0.15, -0.1) is 0 Å². The largest absolute Gasteiger partial charge is 0.323 e. The van der Waals surface area contributed by atoms with Gasteiger partial charge in [-0.05, 0) is 42.7 Å². The third-order valence-corrected chi connectivity index (χ3v) is 4.04. The summed E-state index contributed by atoms with van der Waals surface area (Å²) in [4.78, 5) is 25.0. The molecule has 4 nitrogen and oxygen atoms in total. The lowest BCUT2D eigenvalue weighted by Crippen LogP contribution is -2.37. The molecular formula is C16H16F2N2O2. The molecule has 0 bridgehead atoms. The predicted octanol–water partition coefficient (Wildman–Crippen LogP) is 2.75. The molecule has 1 saturated carbocycles. The Kier molecular flexibility index (Phi) is 3.47. The molecule has 0 unspecified atom stereocenters. The third kappa shape index (κ3) is 2.61. The standard InChI is InChI=1S/C16H16F2N2O2/c1-2-14(21)19-11-5-6-13-10(8-11)4-3-7-20(13)15(22)12-9-16(12,17)18/h2,5-6,8,12H,1,3-4,7,9H2,(H,19,21)/t12-/m0/s1. The zero-order valence-corrected chi connectivity index (χ0v) is 11.9. The summed E-state index contributed by atoms with van der Waals surface area (Å²) in [7, 11) is 0. The van der Waals surface area contributed by atoms with Crippen LogP contribution >= 0.6 is 0 Å². The van der Waals surface area contributed by atoms with Gasteiger partial charge in [0.15, 0.2) is 0 Å². The smallest absolute Gasteiger partial charge is 0.260 e. The maximum absolute atomic E-state index is 13.1. The normalized spacial score (nSPS) is 21.7. The highest BCUT2D eigenvalue weighted by Crippen LogP contribution is 2.50. The van der Waals surface area contributed by atoms with Crippen LogP contribution in [0.2, 0.25) is 0 Å². The van der Waals surface area contributed by atoms with E-state index >= 15 is 0 Å². The van der Waals surface area contributed by atoms with Crippen molar-refractivity contribution < 1.29 is 18.4 Å². The van der Waals surface area contributed by atoms with Crippen molar-refractivity contribution in [2.45, 2.75) is 25.2 Å². The van der Waals surface area contributed by atoms with Gasteiger partial charge in [-0.3, -0.25) is 9.59 Å². The van der Waals surface area contributed by atoms with E-state index in [0.717, 1.165) is 18.4 Å². The molecule has 1 N–H and O–H groups in total. The van der Waals surface area contributed by atoms with Gasteiger partial charge in [0.05, 0.1) is 0 Å². The Morgan fingerprint density at radius 2 is 2.14 bits per heavy atom. The molecule has 1 aliphatic carbocycles. The summed E-state index contributed by atoms with van der Waals surface area (Å²) in [6.07, 6.45) is 2.28. The van der Waals surface area contributed by atoms with Crippen molar-refractivity contribution in [2.75, 3.05) is 16.8 Å². The summed E-state index contributed by atoms with van der Waals surface area (Å²) in [5.41, 5.74) is 2.15. The molecule has 0 spiro atoms. The SMILES string of the molecule is C=CC(=O)Nc1ccc2c(c1)CCCN2C(=O)[C@@H]1CC1(F)F. The van der Waals surface area contributed by atoms with Crippen molar-refractivity contribution in [3.63, 3.8) is 0 Å². The summed E-state index contributed by atoms with van der Waals surface area (Å²) < 4.78 is 26.2. The van der Waals surface area contributed by atoms with Gasteiger partial charge in [-0.1, -0.05) is 6.58 Å². The van der Waals surface area contributed by atoms with Crippen molar-refractivity contribution in [3.05, 3.63) is 36.4 Å². The van der Waals surface area contributed by atoms with E-state index in [-0.39, 0.29) is 12.3 Å². The molecule has 1 aromatic carbocycles. The van der Waals surface area contributed by atoms with Crippen LogP contribution < -0.4 is 10.2 Å². The number of alkyl halides is 2. The van der Waals surface area contributed by atoms with Gasteiger partial charge in [0, 0.05) is 24.3 Å². The van der Waals surface area contributed by atoms with Gasteiger partial charge in [-0.2, -0.15) is 0 Å². The Labute approximate surface area is 126 Å². The average molecular weight is 306 g/mol. The topological polar surface area (TPSA) is 49.4 Å². The number of aryl methyl sites for hydroxylation is 1. The minimum absolute atomic E-state index is 0.318. The van der Waals surface area contributed by atoms with Crippen LogP contribution in [-0.4, -0.2) is 24.3 Å². The lowest BCUT2D eigenvalue weighted by molar-refractivity contribution is -0.122. The van der Waals surface area contributed by atoms with Crippen LogP contribution in [0.25, 0.3) is 0 Å². The van der Waals surface area contributed by atoms with E-state index < -0.39 is 17.7 Å². The molecule has 1 fully saturated rings. The van der Waals surface area contributed by atoms with Crippen LogP contribution in [0.5, 0.6) is 0 Å².